The van der Waals surface area contributed by atoms with Crippen LogP contribution in [0.3, 0.4) is 0 Å². The summed E-state index contributed by atoms with van der Waals surface area (Å²) in [5.41, 5.74) is 1.88. The van der Waals surface area contributed by atoms with Crippen molar-refractivity contribution < 1.29 is 24.5 Å². The Morgan fingerprint density at radius 3 is 2.48 bits per heavy atom. The number of benzene rings is 2. The molecule has 0 aromatic heterocycles. The van der Waals surface area contributed by atoms with Crippen molar-refractivity contribution in [2.24, 2.45) is 0 Å². The minimum Gasteiger partial charge on any atom is -0.507 e. The fourth-order valence-corrected chi connectivity index (χ4v) is 4.70. The molecule has 0 unspecified atom stereocenters. The molecule has 1 amide bonds. The van der Waals surface area contributed by atoms with E-state index < -0.39 is 17.7 Å². The van der Waals surface area contributed by atoms with Crippen LogP contribution in [0.15, 0.2) is 52.5 Å². The number of carbonyl (C=O) groups is 2. The first kappa shape index (κ1) is 23.5. The predicted molar refractivity (Wildman–Crippen MR) is 128 cm³/mol. The van der Waals surface area contributed by atoms with E-state index in [9.17, 15) is 19.8 Å². The second-order valence-corrected chi connectivity index (χ2v) is 9.29. The number of aliphatic hydroxyl groups excluding tert-OH is 1. The molecule has 2 saturated heterocycles. The first-order chi connectivity index (χ1) is 15.9. The summed E-state index contributed by atoms with van der Waals surface area (Å²) in [4.78, 5) is 30.0. The fourth-order valence-electron chi connectivity index (χ4n) is 4.34. The van der Waals surface area contributed by atoms with Crippen molar-refractivity contribution in [3.8, 4) is 5.75 Å². The summed E-state index contributed by atoms with van der Waals surface area (Å²) in [7, 11) is 0. The quantitative estimate of drug-likeness (QED) is 0.347. The Kier molecular flexibility index (Phi) is 7.17. The number of aryl methyl sites for hydroxylation is 1. The van der Waals surface area contributed by atoms with Crippen LogP contribution in [-0.4, -0.2) is 71.1 Å². The van der Waals surface area contributed by atoms with E-state index in [1.807, 2.05) is 31.2 Å². The van der Waals surface area contributed by atoms with Crippen LogP contribution in [-0.2, 0) is 14.3 Å². The van der Waals surface area contributed by atoms with Crippen LogP contribution in [0, 0.1) is 6.92 Å². The van der Waals surface area contributed by atoms with Gasteiger partial charge in [0.05, 0.1) is 30.4 Å². The van der Waals surface area contributed by atoms with Crippen molar-refractivity contribution in [3.63, 3.8) is 0 Å². The molecule has 2 aliphatic heterocycles. The molecular formula is C25H27BrN2O5. The summed E-state index contributed by atoms with van der Waals surface area (Å²) < 4.78 is 6.02. The van der Waals surface area contributed by atoms with E-state index in [1.54, 1.807) is 6.07 Å². The molecule has 0 spiro atoms. The summed E-state index contributed by atoms with van der Waals surface area (Å²) in [5, 5.41) is 21.4. The number of nitrogens with zero attached hydrogens (tertiary/aromatic N) is 2. The van der Waals surface area contributed by atoms with E-state index in [0.29, 0.717) is 30.7 Å². The molecule has 174 valence electrons. The number of halogens is 1. The van der Waals surface area contributed by atoms with Gasteiger partial charge in [-0.3, -0.25) is 14.5 Å². The average Bonchev–Trinajstić information content (AvgIpc) is 3.06. The lowest BCUT2D eigenvalue weighted by molar-refractivity contribution is -0.140. The predicted octanol–water partition coefficient (Wildman–Crippen LogP) is 3.61. The second kappa shape index (κ2) is 10.1. The molecule has 0 radical (unpaired) electrons. The Bertz CT molecular complexity index is 1080. The highest BCUT2D eigenvalue weighted by molar-refractivity contribution is 9.10. The number of aromatic hydroxyl groups is 1. The van der Waals surface area contributed by atoms with Crippen molar-refractivity contribution in [3.05, 3.63) is 69.2 Å². The van der Waals surface area contributed by atoms with Gasteiger partial charge >= 0.3 is 0 Å². The minimum atomic E-state index is -0.746. The zero-order chi connectivity index (χ0) is 23.5. The molecule has 0 saturated carbocycles. The number of likely N-dealkylation sites (tertiary alicyclic amines) is 1. The molecule has 2 aromatic rings. The summed E-state index contributed by atoms with van der Waals surface area (Å²) in [6, 6.07) is 11.4. The number of carbonyl (C=O) groups excluding carboxylic acids is 2. The average molecular weight is 515 g/mol. The highest BCUT2D eigenvalue weighted by Crippen LogP contribution is 2.41. The molecule has 2 heterocycles. The second-order valence-electron chi connectivity index (χ2n) is 8.37. The highest BCUT2D eigenvalue weighted by atomic mass is 79.9. The zero-order valence-corrected chi connectivity index (χ0v) is 20.0. The molecule has 2 N–H and O–H groups in total. The topological polar surface area (TPSA) is 90.3 Å². The van der Waals surface area contributed by atoms with E-state index in [2.05, 4.69) is 20.8 Å². The number of phenols is 1. The Morgan fingerprint density at radius 1 is 1.09 bits per heavy atom. The van der Waals surface area contributed by atoms with Gasteiger partial charge in [-0.15, -0.1) is 0 Å². The number of ether oxygens (including phenoxy) is 1. The summed E-state index contributed by atoms with van der Waals surface area (Å²) in [5.74, 6) is -1.94. The SMILES string of the molecule is Cc1ccc([C@@H]2C(=C(O)c3cc(Br)ccc3O)C(=O)C(=O)N2CCCN2CCOCC2)cc1. The molecule has 33 heavy (non-hydrogen) atoms. The van der Waals surface area contributed by atoms with Crippen LogP contribution in [0.1, 0.15) is 29.2 Å². The van der Waals surface area contributed by atoms with Gasteiger partial charge in [-0.05, 0) is 37.1 Å². The number of amides is 1. The molecule has 2 aliphatic rings. The van der Waals surface area contributed by atoms with Crippen molar-refractivity contribution in [2.45, 2.75) is 19.4 Å². The van der Waals surface area contributed by atoms with E-state index in [0.717, 1.165) is 30.8 Å². The van der Waals surface area contributed by atoms with Crippen molar-refractivity contribution in [2.75, 3.05) is 39.4 Å². The van der Waals surface area contributed by atoms with E-state index in [4.69, 9.17) is 4.74 Å². The number of phenolic OH excluding ortho intramolecular Hbond substituents is 1. The van der Waals surface area contributed by atoms with Gasteiger partial charge in [-0.25, -0.2) is 0 Å². The van der Waals surface area contributed by atoms with Crippen molar-refractivity contribution >= 4 is 33.4 Å². The van der Waals surface area contributed by atoms with Crippen LogP contribution in [0.4, 0.5) is 0 Å². The summed E-state index contributed by atoms with van der Waals surface area (Å²) in [6.07, 6.45) is 0.692. The third kappa shape index (κ3) is 4.98. The van der Waals surface area contributed by atoms with Crippen LogP contribution >= 0.6 is 15.9 Å². The van der Waals surface area contributed by atoms with Gasteiger partial charge in [-0.1, -0.05) is 45.8 Å². The Hall–Kier alpha value is -2.68. The highest BCUT2D eigenvalue weighted by Gasteiger charge is 2.46. The van der Waals surface area contributed by atoms with Gasteiger partial charge in [0, 0.05) is 30.7 Å². The molecule has 1 atom stereocenters. The first-order valence-electron chi connectivity index (χ1n) is 11.0. The maximum atomic E-state index is 13.1. The molecule has 0 bridgehead atoms. The van der Waals surface area contributed by atoms with Gasteiger partial charge in [0.1, 0.15) is 11.5 Å². The normalized spacial score (nSPS) is 21.0. The maximum absolute atomic E-state index is 13.1. The summed E-state index contributed by atoms with van der Waals surface area (Å²) in [6.45, 7) is 6.22. The van der Waals surface area contributed by atoms with Gasteiger partial charge in [-0.2, -0.15) is 0 Å². The third-order valence-electron chi connectivity index (χ3n) is 6.12. The number of hydrogen-bond acceptors (Lipinski definition) is 6. The number of morpholine rings is 1. The molecule has 8 heteroatoms. The molecule has 2 aromatic carbocycles. The molecule has 7 nitrogen and oxygen atoms in total. The largest absolute Gasteiger partial charge is 0.507 e. The van der Waals surface area contributed by atoms with Crippen LogP contribution in [0.2, 0.25) is 0 Å². The first-order valence-corrected chi connectivity index (χ1v) is 11.8. The molecular weight excluding hydrogens is 488 g/mol. The smallest absolute Gasteiger partial charge is 0.295 e. The standard InChI is InChI=1S/C25H27BrN2O5/c1-16-3-5-17(6-4-16)22-21(23(30)19-15-18(26)7-8-20(19)29)24(31)25(32)28(22)10-2-9-27-11-13-33-14-12-27/h3-8,15,22,29-30H,2,9-14H2,1H3/t22-/m1/s1. The molecule has 2 fully saturated rings. The zero-order valence-electron chi connectivity index (χ0n) is 18.5. The van der Waals surface area contributed by atoms with Crippen LogP contribution in [0.5, 0.6) is 5.75 Å². The third-order valence-corrected chi connectivity index (χ3v) is 6.62. The monoisotopic (exact) mass is 514 g/mol. The number of Topliss-reactive ketones (excluding diaryl/α,β-unsaturated/α-hetero) is 1. The summed E-state index contributed by atoms with van der Waals surface area (Å²) >= 11 is 3.33. The van der Waals surface area contributed by atoms with Gasteiger partial charge in [0.25, 0.3) is 11.7 Å². The number of aliphatic hydroxyl groups is 1. The van der Waals surface area contributed by atoms with Gasteiger partial charge in [0.15, 0.2) is 0 Å². The van der Waals surface area contributed by atoms with E-state index in [-0.39, 0.29) is 22.6 Å². The lowest BCUT2D eigenvalue weighted by Gasteiger charge is -2.29. The lowest BCUT2D eigenvalue weighted by Crippen LogP contribution is -2.38. The van der Waals surface area contributed by atoms with Crippen LogP contribution < -0.4 is 0 Å². The Morgan fingerprint density at radius 2 is 1.79 bits per heavy atom. The number of ketones is 1. The fraction of sp³-hybridized carbons (Fsp3) is 0.360. The Labute approximate surface area is 201 Å². The Balaban J connectivity index is 1.70. The number of rotatable bonds is 6. The van der Waals surface area contributed by atoms with Crippen molar-refractivity contribution in [1.82, 2.24) is 9.80 Å². The van der Waals surface area contributed by atoms with Crippen molar-refractivity contribution in [1.29, 1.82) is 0 Å². The van der Waals surface area contributed by atoms with Gasteiger partial charge < -0.3 is 19.8 Å². The maximum Gasteiger partial charge on any atom is 0.295 e. The van der Waals surface area contributed by atoms with Gasteiger partial charge in [0.2, 0.25) is 0 Å². The number of hydrogen-bond donors (Lipinski definition) is 2. The molecule has 0 aliphatic carbocycles. The van der Waals surface area contributed by atoms with E-state index >= 15 is 0 Å². The van der Waals surface area contributed by atoms with Crippen LogP contribution in [0.25, 0.3) is 5.76 Å². The van der Waals surface area contributed by atoms with E-state index in [1.165, 1.54) is 17.0 Å². The molecule has 4 rings (SSSR count). The minimum absolute atomic E-state index is 0.0105. The lowest BCUT2D eigenvalue weighted by atomic mass is 9.94.